The van der Waals surface area contributed by atoms with E-state index in [9.17, 15) is 0 Å². The molecule has 0 radical (unpaired) electrons. The molecule has 0 atom stereocenters. The molecule has 3 nitrogen and oxygen atoms in total. The van der Waals surface area contributed by atoms with Gasteiger partial charge in [0.2, 0.25) is 11.8 Å². The van der Waals surface area contributed by atoms with Gasteiger partial charge >= 0.3 is 0 Å². The Hall–Kier alpha value is -3.02. The zero-order valence-corrected chi connectivity index (χ0v) is 44.0. The number of aromatic nitrogens is 2. The average Bonchev–Trinajstić information content (AvgIpc) is 3.99. The van der Waals surface area contributed by atoms with Crippen LogP contribution in [0.25, 0.3) is 45.2 Å². The van der Waals surface area contributed by atoms with Crippen molar-refractivity contribution in [3.63, 3.8) is 0 Å². The van der Waals surface area contributed by atoms with Crippen LogP contribution in [0.4, 0.5) is 0 Å². The van der Waals surface area contributed by atoms with Crippen molar-refractivity contribution >= 4 is 31.9 Å². The molecule has 5 aromatic rings. The molecular weight excluding hydrogens is 924 g/mol. The maximum absolute atomic E-state index is 6.81. The fourth-order valence-corrected chi connectivity index (χ4v) is 12.5. The van der Waals surface area contributed by atoms with E-state index in [4.69, 9.17) is 14.6 Å². The number of hydrogen-bond donors (Lipinski definition) is 0. The van der Waals surface area contributed by atoms with Crippen LogP contribution in [0.1, 0.15) is 230 Å². The summed E-state index contributed by atoms with van der Waals surface area (Å²) in [6, 6.07) is 28.1. The summed E-state index contributed by atoms with van der Waals surface area (Å²) in [6.45, 7) is 9.25. The zero-order chi connectivity index (χ0) is 45.5. The largest absolute Gasteiger partial charge is 0.416 e. The molecule has 5 heteroatoms. The van der Waals surface area contributed by atoms with Crippen LogP contribution in [0.5, 0.6) is 0 Å². The van der Waals surface area contributed by atoms with Crippen molar-refractivity contribution in [2.45, 2.75) is 218 Å². The predicted molar refractivity (Wildman–Crippen MR) is 285 cm³/mol. The zero-order valence-electron chi connectivity index (χ0n) is 40.8. The van der Waals surface area contributed by atoms with Gasteiger partial charge in [-0.1, -0.05) is 238 Å². The predicted octanol–water partition coefficient (Wildman–Crippen LogP) is 20.5. The van der Waals surface area contributed by atoms with Gasteiger partial charge in [0.1, 0.15) is 0 Å². The van der Waals surface area contributed by atoms with Crippen LogP contribution in [-0.2, 0) is 10.8 Å². The normalized spacial score (nSPS) is 14.1. The van der Waals surface area contributed by atoms with Crippen LogP contribution in [0.2, 0.25) is 0 Å². The lowest BCUT2D eigenvalue weighted by Gasteiger charge is -2.33. The van der Waals surface area contributed by atoms with Crippen molar-refractivity contribution in [1.29, 1.82) is 0 Å². The van der Waals surface area contributed by atoms with Crippen molar-refractivity contribution in [2.24, 2.45) is 0 Å². The van der Waals surface area contributed by atoms with E-state index in [1.54, 1.807) is 0 Å². The minimum atomic E-state index is -0.0257. The quantitative estimate of drug-likeness (QED) is 0.0430. The lowest BCUT2D eigenvalue weighted by molar-refractivity contribution is 0.397. The molecule has 1 heterocycles. The first kappa shape index (κ1) is 49.9. The monoisotopic (exact) mass is 1000 g/mol. The van der Waals surface area contributed by atoms with Gasteiger partial charge < -0.3 is 4.42 Å². The van der Waals surface area contributed by atoms with Crippen LogP contribution in [0.3, 0.4) is 0 Å². The number of nitrogens with zero attached hydrogens (tertiary/aromatic N) is 2. The SMILES string of the molecule is CCCCCCCCC1(CCCCCCCC)c2cc(Br)ccc2-c2ccc(-c3nnc(-c4ccc5c(c4)C(CCCCCCCC)(CCCCCCCC)c4cc(Br)ccc4-5)o3)cc21. The summed E-state index contributed by atoms with van der Waals surface area (Å²) in [4.78, 5) is 0. The fraction of sp³-hybridized carbons (Fsp3) is 0.567. The molecule has 0 unspecified atom stereocenters. The summed E-state index contributed by atoms with van der Waals surface area (Å²) < 4.78 is 9.16. The second-order valence-electron chi connectivity index (χ2n) is 20.0. The van der Waals surface area contributed by atoms with Gasteiger partial charge in [0.05, 0.1) is 0 Å². The third-order valence-electron chi connectivity index (χ3n) is 15.4. The highest BCUT2D eigenvalue weighted by Gasteiger charge is 2.44. The number of fused-ring (bicyclic) bond motifs is 6. The first-order valence-electron chi connectivity index (χ1n) is 26.6. The molecule has 4 aromatic carbocycles. The molecule has 0 fully saturated rings. The molecular formula is C60H80Br2N2O. The molecule has 0 saturated heterocycles. The number of unbranched alkanes of at least 4 members (excludes halogenated alkanes) is 20. The minimum absolute atomic E-state index is 0.0257. The maximum atomic E-state index is 6.81. The van der Waals surface area contributed by atoms with E-state index in [1.807, 2.05) is 0 Å². The summed E-state index contributed by atoms with van der Waals surface area (Å²) in [5.41, 5.74) is 13.5. The van der Waals surface area contributed by atoms with Gasteiger partial charge in [0, 0.05) is 30.9 Å². The Bertz CT molecular complexity index is 2070. The van der Waals surface area contributed by atoms with Crippen LogP contribution in [0.15, 0.2) is 86.2 Å². The van der Waals surface area contributed by atoms with Crippen LogP contribution >= 0.6 is 31.9 Å². The van der Waals surface area contributed by atoms with Gasteiger partial charge in [-0.05, 0) is 119 Å². The molecule has 350 valence electrons. The van der Waals surface area contributed by atoms with Crippen molar-refractivity contribution in [3.8, 4) is 45.2 Å². The van der Waals surface area contributed by atoms with E-state index in [1.165, 1.54) is 233 Å². The van der Waals surface area contributed by atoms with Crippen molar-refractivity contribution in [2.75, 3.05) is 0 Å². The summed E-state index contributed by atoms with van der Waals surface area (Å²) in [5.74, 6) is 1.23. The lowest BCUT2D eigenvalue weighted by Crippen LogP contribution is -2.25. The first-order valence-corrected chi connectivity index (χ1v) is 28.2. The van der Waals surface area contributed by atoms with Gasteiger partial charge in [-0.2, -0.15) is 0 Å². The smallest absolute Gasteiger partial charge is 0.248 e. The summed E-state index contributed by atoms with van der Waals surface area (Å²) in [5, 5.41) is 9.66. The van der Waals surface area contributed by atoms with Crippen LogP contribution in [-0.4, -0.2) is 10.2 Å². The molecule has 0 aliphatic heterocycles. The Balaban J connectivity index is 1.21. The molecule has 7 rings (SSSR count). The van der Waals surface area contributed by atoms with Crippen molar-refractivity contribution < 1.29 is 4.42 Å². The highest BCUT2D eigenvalue weighted by molar-refractivity contribution is 9.10. The van der Waals surface area contributed by atoms with E-state index >= 15 is 0 Å². The van der Waals surface area contributed by atoms with Crippen LogP contribution < -0.4 is 0 Å². The highest BCUT2D eigenvalue weighted by atomic mass is 79.9. The van der Waals surface area contributed by atoms with Crippen molar-refractivity contribution in [3.05, 3.63) is 104 Å². The van der Waals surface area contributed by atoms with E-state index in [-0.39, 0.29) is 10.8 Å². The number of rotatable bonds is 30. The van der Waals surface area contributed by atoms with Gasteiger partial charge in [-0.25, -0.2) is 0 Å². The minimum Gasteiger partial charge on any atom is -0.416 e. The molecule has 0 saturated carbocycles. The van der Waals surface area contributed by atoms with E-state index in [0.717, 1.165) is 11.1 Å². The van der Waals surface area contributed by atoms with Gasteiger partial charge in [-0.15, -0.1) is 10.2 Å². The Labute approximate surface area is 411 Å². The highest BCUT2D eigenvalue weighted by Crippen LogP contribution is 2.57. The van der Waals surface area contributed by atoms with Gasteiger partial charge in [-0.3, -0.25) is 0 Å². The second kappa shape index (κ2) is 24.8. The standard InChI is InChI=1S/C60H80Br2N2O/c1-5-9-13-17-21-25-37-59(38-26-22-18-14-10-6-2)53-41-45(29-33-49(53)51-35-31-47(61)43-55(51)59)57-63-64-58(65-57)46-30-34-50-52-36-32-48(62)44-56(52)60(54(50)42-46,39-27-23-19-15-11-7-3)40-28-24-20-16-12-8-4/h29-36,41-44H,5-28,37-40H2,1-4H3. The van der Waals surface area contributed by atoms with Crippen LogP contribution in [0, 0.1) is 0 Å². The number of halogens is 2. The second-order valence-corrected chi connectivity index (χ2v) is 21.9. The fourth-order valence-electron chi connectivity index (χ4n) is 11.8. The molecule has 0 amide bonds. The average molecular weight is 1010 g/mol. The first-order chi connectivity index (χ1) is 31.9. The Morgan fingerprint density at radius 2 is 0.631 bits per heavy atom. The number of benzene rings is 4. The molecule has 0 N–H and O–H groups in total. The Morgan fingerprint density at radius 3 is 0.954 bits per heavy atom. The number of hydrogen-bond acceptors (Lipinski definition) is 3. The molecule has 0 bridgehead atoms. The molecule has 2 aliphatic carbocycles. The van der Waals surface area contributed by atoms with E-state index in [2.05, 4.69) is 132 Å². The van der Waals surface area contributed by atoms with Gasteiger partial charge in [0.15, 0.2) is 0 Å². The lowest BCUT2D eigenvalue weighted by atomic mass is 9.70. The van der Waals surface area contributed by atoms with E-state index in [0.29, 0.717) is 11.8 Å². The summed E-state index contributed by atoms with van der Waals surface area (Å²) >= 11 is 7.81. The maximum Gasteiger partial charge on any atom is 0.248 e. The van der Waals surface area contributed by atoms with E-state index < -0.39 is 0 Å². The van der Waals surface area contributed by atoms with Crippen molar-refractivity contribution in [1.82, 2.24) is 10.2 Å². The Kier molecular flexibility index (Phi) is 19.1. The third kappa shape index (κ3) is 11.8. The summed E-state index contributed by atoms with van der Waals surface area (Å²) in [6.07, 6.45) is 36.1. The Morgan fingerprint density at radius 1 is 0.354 bits per heavy atom. The summed E-state index contributed by atoms with van der Waals surface area (Å²) in [7, 11) is 0. The molecule has 65 heavy (non-hydrogen) atoms. The topological polar surface area (TPSA) is 38.9 Å². The molecule has 0 spiro atoms. The molecule has 1 aromatic heterocycles. The third-order valence-corrected chi connectivity index (χ3v) is 16.4. The molecule has 2 aliphatic rings. The van der Waals surface area contributed by atoms with Gasteiger partial charge in [0.25, 0.3) is 0 Å².